The number of hydrogen-bond donors (Lipinski definition) is 0. The number of hydrogen-bond acceptors (Lipinski definition) is 9. The fourth-order valence-corrected chi connectivity index (χ4v) is 2.83. The maximum atomic E-state index is 5.82. The molecule has 0 radical (unpaired) electrons. The molecule has 142 valence electrons. The van der Waals surface area contributed by atoms with E-state index < -0.39 is 0 Å². The van der Waals surface area contributed by atoms with Crippen molar-refractivity contribution in [3.8, 4) is 11.5 Å². The molecule has 0 amide bonds. The molecule has 0 aliphatic carbocycles. The lowest BCUT2D eigenvalue weighted by atomic mass is 10.2. The number of ether oxygens (including phenoxy) is 4. The van der Waals surface area contributed by atoms with Crippen molar-refractivity contribution in [1.29, 1.82) is 0 Å². The third-order valence-corrected chi connectivity index (χ3v) is 4.14. The van der Waals surface area contributed by atoms with Gasteiger partial charge in [0.05, 0.1) is 34.0 Å². The van der Waals surface area contributed by atoms with Crippen LogP contribution in [0.2, 0.25) is 0 Å². The summed E-state index contributed by atoms with van der Waals surface area (Å²) in [4.78, 5) is 8.19. The Morgan fingerprint density at radius 2 is 2.15 bits per heavy atom. The topological polar surface area (TPSA) is 96.7 Å². The second-order valence-corrected chi connectivity index (χ2v) is 5.82. The van der Waals surface area contributed by atoms with Crippen LogP contribution in [0.4, 0.5) is 0 Å². The Morgan fingerprint density at radius 3 is 2.92 bits per heavy atom. The van der Waals surface area contributed by atoms with E-state index in [9.17, 15) is 0 Å². The van der Waals surface area contributed by atoms with Crippen LogP contribution in [0.5, 0.6) is 11.5 Å². The fraction of sp³-hybridized carbons (Fsp3) is 0.625. The molecule has 3 heterocycles. The summed E-state index contributed by atoms with van der Waals surface area (Å²) in [6, 6.07) is 1.78. The molecule has 1 unspecified atom stereocenters. The number of methoxy groups -OCH3 is 3. The molecule has 26 heavy (non-hydrogen) atoms. The quantitative estimate of drug-likeness (QED) is 0.655. The number of nitrogens with zero attached hydrogens (tertiary/aromatic N) is 6. The molecule has 10 heteroatoms. The van der Waals surface area contributed by atoms with Gasteiger partial charge in [0.15, 0.2) is 11.5 Å². The number of pyridine rings is 1. The van der Waals surface area contributed by atoms with E-state index in [2.05, 4.69) is 25.3 Å². The van der Waals surface area contributed by atoms with Gasteiger partial charge >= 0.3 is 0 Å². The van der Waals surface area contributed by atoms with Gasteiger partial charge < -0.3 is 18.9 Å². The zero-order chi connectivity index (χ0) is 18.4. The number of tetrazole rings is 1. The maximum Gasteiger partial charge on any atom is 0.204 e. The summed E-state index contributed by atoms with van der Waals surface area (Å²) < 4.78 is 21.7. The third kappa shape index (κ3) is 4.26. The normalized spacial score (nSPS) is 18.0. The van der Waals surface area contributed by atoms with Gasteiger partial charge in [0.2, 0.25) is 5.82 Å². The molecule has 0 aromatic carbocycles. The Bertz CT molecular complexity index is 710. The Morgan fingerprint density at radius 1 is 1.27 bits per heavy atom. The molecule has 2 aromatic heterocycles. The van der Waals surface area contributed by atoms with Gasteiger partial charge in [0, 0.05) is 39.0 Å². The second kappa shape index (κ2) is 8.88. The van der Waals surface area contributed by atoms with E-state index in [1.165, 1.54) is 4.80 Å². The van der Waals surface area contributed by atoms with Crippen LogP contribution in [0.25, 0.3) is 0 Å². The summed E-state index contributed by atoms with van der Waals surface area (Å²) in [5.41, 5.74) is 0.823. The molecule has 1 aliphatic rings. The van der Waals surface area contributed by atoms with Gasteiger partial charge in [-0.2, -0.15) is 4.80 Å². The summed E-state index contributed by atoms with van der Waals surface area (Å²) in [6.45, 7) is 3.75. The predicted molar refractivity (Wildman–Crippen MR) is 91.0 cm³/mol. The zero-order valence-electron chi connectivity index (χ0n) is 15.3. The van der Waals surface area contributed by atoms with E-state index in [1.54, 1.807) is 33.6 Å². The van der Waals surface area contributed by atoms with E-state index in [-0.39, 0.29) is 6.10 Å². The van der Waals surface area contributed by atoms with Crippen molar-refractivity contribution in [3.63, 3.8) is 0 Å². The number of morpholine rings is 1. The van der Waals surface area contributed by atoms with Crippen molar-refractivity contribution in [1.82, 2.24) is 30.1 Å². The zero-order valence-corrected chi connectivity index (χ0v) is 15.3. The molecule has 3 rings (SSSR count). The number of aromatic nitrogens is 5. The smallest absolute Gasteiger partial charge is 0.204 e. The highest BCUT2D eigenvalue weighted by Crippen LogP contribution is 2.30. The van der Waals surface area contributed by atoms with Crippen molar-refractivity contribution >= 4 is 0 Å². The van der Waals surface area contributed by atoms with Gasteiger partial charge in [-0.05, 0) is 5.21 Å². The molecular formula is C16H24N6O4. The van der Waals surface area contributed by atoms with Crippen molar-refractivity contribution in [3.05, 3.63) is 23.8 Å². The Balaban J connectivity index is 1.66. The van der Waals surface area contributed by atoms with E-state index in [0.29, 0.717) is 50.2 Å². The van der Waals surface area contributed by atoms with Crippen LogP contribution in [-0.2, 0) is 22.6 Å². The lowest BCUT2D eigenvalue weighted by Gasteiger charge is -2.31. The first-order valence-corrected chi connectivity index (χ1v) is 8.41. The maximum absolute atomic E-state index is 5.82. The highest BCUT2D eigenvalue weighted by molar-refractivity contribution is 5.42. The summed E-state index contributed by atoms with van der Waals surface area (Å²) in [5.74, 6) is 1.91. The first-order chi connectivity index (χ1) is 12.7. The minimum atomic E-state index is -0.225. The largest absolute Gasteiger partial charge is 0.493 e. The predicted octanol–water partition coefficient (Wildman–Crippen LogP) is 0.305. The molecule has 2 aromatic rings. The molecule has 0 saturated carbocycles. The van der Waals surface area contributed by atoms with Crippen LogP contribution in [-0.4, -0.2) is 77.7 Å². The lowest BCUT2D eigenvalue weighted by molar-refractivity contribution is -0.0379. The van der Waals surface area contributed by atoms with Crippen molar-refractivity contribution in [2.45, 2.75) is 19.2 Å². The van der Waals surface area contributed by atoms with E-state index in [4.69, 9.17) is 18.9 Å². The number of rotatable bonds is 8. The van der Waals surface area contributed by atoms with Gasteiger partial charge in [-0.1, -0.05) is 0 Å². The van der Waals surface area contributed by atoms with E-state index in [0.717, 1.165) is 12.2 Å². The van der Waals surface area contributed by atoms with Crippen LogP contribution in [0.3, 0.4) is 0 Å². The average molecular weight is 364 g/mol. The molecule has 10 nitrogen and oxygen atoms in total. The first kappa shape index (κ1) is 18.5. The van der Waals surface area contributed by atoms with E-state index in [1.807, 2.05) is 0 Å². The first-order valence-electron chi connectivity index (χ1n) is 8.41. The SMILES string of the molecule is COCCn1nnc(C2CN(Cc3nccc(OC)c3OC)CCO2)n1. The molecule has 1 fully saturated rings. The van der Waals surface area contributed by atoms with Crippen LogP contribution in [0.15, 0.2) is 12.3 Å². The summed E-state index contributed by atoms with van der Waals surface area (Å²) in [5, 5.41) is 12.5. The van der Waals surface area contributed by atoms with Crippen LogP contribution in [0.1, 0.15) is 17.6 Å². The van der Waals surface area contributed by atoms with Crippen molar-refractivity contribution < 1.29 is 18.9 Å². The standard InChI is InChI=1S/C16H24N6O4/c1-23-8-7-22-19-16(18-20-22)14-11-21(6-9-26-14)10-12-15(25-3)13(24-2)4-5-17-12/h4-5,14H,6-11H2,1-3H3. The lowest BCUT2D eigenvalue weighted by Crippen LogP contribution is -2.38. The van der Waals surface area contributed by atoms with Gasteiger partial charge in [0.25, 0.3) is 0 Å². The van der Waals surface area contributed by atoms with Gasteiger partial charge in [-0.3, -0.25) is 9.88 Å². The third-order valence-electron chi connectivity index (χ3n) is 4.14. The Labute approximate surface area is 152 Å². The fourth-order valence-electron chi connectivity index (χ4n) is 2.83. The summed E-state index contributed by atoms with van der Waals surface area (Å²) in [6.07, 6.45) is 1.49. The molecule has 0 spiro atoms. The van der Waals surface area contributed by atoms with Gasteiger partial charge in [0.1, 0.15) is 11.8 Å². The molecule has 0 bridgehead atoms. The molecule has 1 aliphatic heterocycles. The van der Waals surface area contributed by atoms with E-state index >= 15 is 0 Å². The van der Waals surface area contributed by atoms with Crippen LogP contribution < -0.4 is 9.47 Å². The van der Waals surface area contributed by atoms with Crippen LogP contribution in [0, 0.1) is 0 Å². The monoisotopic (exact) mass is 364 g/mol. The minimum Gasteiger partial charge on any atom is -0.493 e. The Hall–Kier alpha value is -2.30. The minimum absolute atomic E-state index is 0.225. The highest BCUT2D eigenvalue weighted by atomic mass is 16.5. The van der Waals surface area contributed by atoms with Crippen LogP contribution >= 0.6 is 0 Å². The molecule has 1 saturated heterocycles. The molecular weight excluding hydrogens is 340 g/mol. The molecule has 1 atom stereocenters. The highest BCUT2D eigenvalue weighted by Gasteiger charge is 2.27. The van der Waals surface area contributed by atoms with Crippen molar-refractivity contribution in [2.75, 3.05) is 47.6 Å². The molecule has 0 N–H and O–H groups in total. The second-order valence-electron chi connectivity index (χ2n) is 5.82. The van der Waals surface area contributed by atoms with Crippen molar-refractivity contribution in [2.24, 2.45) is 0 Å². The summed E-state index contributed by atoms with van der Waals surface area (Å²) >= 11 is 0. The Kier molecular flexibility index (Phi) is 6.31. The average Bonchev–Trinajstić information content (AvgIpc) is 3.15. The summed E-state index contributed by atoms with van der Waals surface area (Å²) in [7, 11) is 4.87. The van der Waals surface area contributed by atoms with Gasteiger partial charge in [-0.25, -0.2) is 0 Å². The van der Waals surface area contributed by atoms with Gasteiger partial charge in [-0.15, -0.1) is 10.2 Å².